The topological polar surface area (TPSA) is 75.3 Å². The number of rotatable bonds is 5. The van der Waals surface area contributed by atoms with Gasteiger partial charge in [0.25, 0.3) is 5.91 Å². The fraction of sp³-hybridized carbons (Fsp3) is 0.417. The number of hydrogen-bond donors (Lipinski definition) is 3. The van der Waals surface area contributed by atoms with Gasteiger partial charge in [0.1, 0.15) is 11.6 Å². The van der Waals surface area contributed by atoms with Crippen LogP contribution in [0.5, 0.6) is 0 Å². The fourth-order valence-electron chi connectivity index (χ4n) is 1.55. The Kier molecular flexibility index (Phi) is 5.56. The minimum atomic E-state index is -0.971. The second-order valence-corrected chi connectivity index (χ2v) is 5.15. The molecule has 0 aromatic heterocycles. The molecule has 2 unspecified atom stereocenters. The van der Waals surface area contributed by atoms with E-state index >= 15 is 0 Å². The summed E-state index contributed by atoms with van der Waals surface area (Å²) < 4.78 is 26.5. The molecule has 0 saturated carbocycles. The number of amides is 1. The van der Waals surface area contributed by atoms with Crippen molar-refractivity contribution < 1.29 is 18.7 Å². The maximum Gasteiger partial charge on any atom is 0.254 e. The highest BCUT2D eigenvalue weighted by Crippen LogP contribution is 2.17. The van der Waals surface area contributed by atoms with Gasteiger partial charge in [-0.15, -0.1) is 0 Å². The molecule has 2 atom stereocenters. The van der Waals surface area contributed by atoms with Gasteiger partial charge >= 0.3 is 0 Å². The number of anilines is 1. The van der Waals surface area contributed by atoms with Crippen molar-refractivity contribution >= 4 is 23.4 Å². The van der Waals surface area contributed by atoms with Crippen LogP contribution in [0.15, 0.2) is 12.1 Å². The highest BCUT2D eigenvalue weighted by atomic mass is 32.2. The first-order valence-electron chi connectivity index (χ1n) is 5.59. The van der Waals surface area contributed by atoms with Crippen LogP contribution >= 0.6 is 11.8 Å². The summed E-state index contributed by atoms with van der Waals surface area (Å²) in [6, 6.07) is 1.17. The summed E-state index contributed by atoms with van der Waals surface area (Å²) >= 11 is 1.38. The summed E-state index contributed by atoms with van der Waals surface area (Å²) in [6.45, 7) is 1.58. The minimum Gasteiger partial charge on any atom is -0.396 e. The summed E-state index contributed by atoms with van der Waals surface area (Å²) in [7, 11) is 0. The zero-order valence-corrected chi connectivity index (χ0v) is 11.4. The third-order valence-electron chi connectivity index (χ3n) is 2.73. The number of carbonyl (C=O) groups excluding carboxylic acids is 1. The minimum absolute atomic E-state index is 0.114. The first-order valence-corrected chi connectivity index (χ1v) is 6.88. The molecule has 0 fully saturated rings. The zero-order chi connectivity index (χ0) is 14.6. The van der Waals surface area contributed by atoms with Gasteiger partial charge in [-0.3, -0.25) is 4.79 Å². The number of halogens is 2. The predicted molar refractivity (Wildman–Crippen MR) is 72.1 cm³/mol. The van der Waals surface area contributed by atoms with Crippen LogP contribution in [0.2, 0.25) is 0 Å². The molecular weight excluding hydrogens is 274 g/mol. The molecule has 0 heterocycles. The highest BCUT2D eigenvalue weighted by molar-refractivity contribution is 7.99. The Morgan fingerprint density at radius 3 is 2.63 bits per heavy atom. The molecule has 0 bridgehead atoms. The Hall–Kier alpha value is -1.34. The smallest absolute Gasteiger partial charge is 0.254 e. The van der Waals surface area contributed by atoms with Crippen molar-refractivity contribution in [1.29, 1.82) is 0 Å². The van der Waals surface area contributed by atoms with E-state index in [1.807, 2.05) is 0 Å². The van der Waals surface area contributed by atoms with Gasteiger partial charge in [0, 0.05) is 17.4 Å². The normalized spacial score (nSPS) is 13.9. The van der Waals surface area contributed by atoms with E-state index in [9.17, 15) is 13.6 Å². The van der Waals surface area contributed by atoms with Crippen LogP contribution in [0.1, 0.15) is 17.3 Å². The molecule has 4 nitrogen and oxygen atoms in total. The molecule has 0 aliphatic heterocycles. The zero-order valence-electron chi connectivity index (χ0n) is 10.6. The fourth-order valence-corrected chi connectivity index (χ4v) is 2.18. The number of aliphatic hydroxyl groups is 1. The van der Waals surface area contributed by atoms with E-state index in [1.54, 1.807) is 13.2 Å². The lowest BCUT2D eigenvalue weighted by Crippen LogP contribution is -2.41. The number of aliphatic hydroxyl groups excluding tert-OH is 1. The van der Waals surface area contributed by atoms with E-state index in [4.69, 9.17) is 10.8 Å². The molecule has 106 valence electrons. The van der Waals surface area contributed by atoms with Gasteiger partial charge in [0.15, 0.2) is 0 Å². The van der Waals surface area contributed by atoms with E-state index < -0.39 is 17.5 Å². The number of nitrogens with two attached hydrogens (primary N) is 1. The molecule has 1 aromatic carbocycles. The van der Waals surface area contributed by atoms with Crippen LogP contribution in [0.3, 0.4) is 0 Å². The molecule has 1 amide bonds. The van der Waals surface area contributed by atoms with E-state index in [-0.39, 0.29) is 29.1 Å². The molecule has 0 aliphatic carbocycles. The lowest BCUT2D eigenvalue weighted by Gasteiger charge is -2.21. The Labute approximate surface area is 114 Å². The van der Waals surface area contributed by atoms with E-state index in [0.29, 0.717) is 6.07 Å². The lowest BCUT2D eigenvalue weighted by atomic mass is 10.1. The molecule has 4 N–H and O–H groups in total. The molecule has 1 rings (SSSR count). The average Bonchev–Trinajstić information content (AvgIpc) is 2.35. The van der Waals surface area contributed by atoms with E-state index in [2.05, 4.69) is 5.32 Å². The number of carbonyl (C=O) groups is 1. The molecule has 19 heavy (non-hydrogen) atoms. The Morgan fingerprint density at radius 1 is 1.47 bits per heavy atom. The standard InChI is InChI=1S/C12H16F2N2O2S/c1-6(11(5-17)19-2)16-12(18)7-3-10(15)9(14)4-8(7)13/h3-4,6,11,17H,5,15H2,1-2H3,(H,16,18). The maximum atomic E-state index is 13.5. The number of hydrogen-bond acceptors (Lipinski definition) is 4. The van der Waals surface area contributed by atoms with Gasteiger partial charge in [0.05, 0.1) is 17.9 Å². The molecule has 0 saturated heterocycles. The Bertz CT molecular complexity index is 467. The molecule has 1 aromatic rings. The number of thioether (sulfide) groups is 1. The molecule has 0 spiro atoms. The van der Waals surface area contributed by atoms with E-state index in [0.717, 1.165) is 6.07 Å². The summed E-state index contributed by atoms with van der Waals surface area (Å²) in [5.41, 5.74) is 4.70. The third-order valence-corrected chi connectivity index (χ3v) is 3.89. The first kappa shape index (κ1) is 15.7. The van der Waals surface area contributed by atoms with Crippen molar-refractivity contribution in [3.63, 3.8) is 0 Å². The van der Waals surface area contributed by atoms with Gasteiger partial charge in [-0.2, -0.15) is 11.8 Å². The van der Waals surface area contributed by atoms with Gasteiger partial charge in [0.2, 0.25) is 0 Å². The quantitative estimate of drug-likeness (QED) is 0.716. The second-order valence-electron chi connectivity index (χ2n) is 4.07. The maximum absolute atomic E-state index is 13.5. The van der Waals surface area contributed by atoms with Crippen molar-refractivity contribution in [2.24, 2.45) is 0 Å². The van der Waals surface area contributed by atoms with Crippen molar-refractivity contribution in [2.45, 2.75) is 18.2 Å². The van der Waals surface area contributed by atoms with Gasteiger partial charge < -0.3 is 16.2 Å². The third kappa shape index (κ3) is 3.81. The van der Waals surface area contributed by atoms with Crippen LogP contribution in [0, 0.1) is 11.6 Å². The SMILES string of the molecule is CSC(CO)C(C)NC(=O)c1cc(N)c(F)cc1F. The second kappa shape index (κ2) is 6.72. The van der Waals surface area contributed by atoms with Crippen LogP contribution in [-0.2, 0) is 0 Å². The van der Waals surface area contributed by atoms with Gasteiger partial charge in [-0.25, -0.2) is 8.78 Å². The summed E-state index contributed by atoms with van der Waals surface area (Å²) in [4.78, 5) is 11.9. The Balaban J connectivity index is 2.87. The molecule has 0 aliphatic rings. The van der Waals surface area contributed by atoms with Crippen LogP contribution in [-0.4, -0.2) is 35.2 Å². The predicted octanol–water partition coefficient (Wildman–Crippen LogP) is 1.39. The summed E-state index contributed by atoms with van der Waals surface area (Å²) in [5, 5.41) is 11.4. The molecular formula is C12H16F2N2O2S. The summed E-state index contributed by atoms with van der Waals surface area (Å²) in [5.74, 6) is -2.57. The molecule has 0 radical (unpaired) electrons. The number of benzene rings is 1. The lowest BCUT2D eigenvalue weighted by molar-refractivity contribution is 0.0932. The highest BCUT2D eigenvalue weighted by Gasteiger charge is 2.21. The van der Waals surface area contributed by atoms with Crippen LogP contribution in [0.4, 0.5) is 14.5 Å². The van der Waals surface area contributed by atoms with Crippen molar-refractivity contribution in [3.8, 4) is 0 Å². The number of nitrogens with one attached hydrogen (secondary N) is 1. The monoisotopic (exact) mass is 290 g/mol. The number of nitrogen functional groups attached to an aromatic ring is 1. The van der Waals surface area contributed by atoms with Gasteiger partial charge in [-0.1, -0.05) is 0 Å². The van der Waals surface area contributed by atoms with Crippen LogP contribution in [0.25, 0.3) is 0 Å². The van der Waals surface area contributed by atoms with Crippen molar-refractivity contribution in [1.82, 2.24) is 5.32 Å². The summed E-state index contributed by atoms with van der Waals surface area (Å²) in [6.07, 6.45) is 1.79. The van der Waals surface area contributed by atoms with Gasteiger partial charge in [-0.05, 0) is 19.2 Å². The van der Waals surface area contributed by atoms with E-state index in [1.165, 1.54) is 11.8 Å². The van der Waals surface area contributed by atoms with Crippen molar-refractivity contribution in [2.75, 3.05) is 18.6 Å². The molecule has 7 heteroatoms. The Morgan fingerprint density at radius 2 is 2.11 bits per heavy atom. The average molecular weight is 290 g/mol. The van der Waals surface area contributed by atoms with Crippen LogP contribution < -0.4 is 11.1 Å². The first-order chi connectivity index (χ1) is 8.90. The largest absolute Gasteiger partial charge is 0.396 e. The van der Waals surface area contributed by atoms with Crippen molar-refractivity contribution in [3.05, 3.63) is 29.3 Å².